The summed E-state index contributed by atoms with van der Waals surface area (Å²) in [6.07, 6.45) is -11.3. The highest BCUT2D eigenvalue weighted by Gasteiger charge is 2.50. The number of benzene rings is 2. The fraction of sp³-hybridized carbons (Fsp3) is 0.515. The number of methoxy groups -OCH3 is 2. The standard InChI is InChI=1S/C33H42N4O12/c1-45-29-22(48-23(25(39)26(29)40)17-47-30-27(41)28(42)33(46-2)49-31(30)32(43)44)14-24(38)34-15-19-9-6-10-21(13-19)37-16-20(35-36-37)12-11-18-7-4-3-5-8-18/h3-10,13,16,22-23,25-31,33,39-42H,11-12,14-15,17H2,1-2H3,(H,34,38)(H,43,44). The molecular formula is C33H42N4O12. The Kier molecular flexibility index (Phi) is 12.4. The van der Waals surface area contributed by atoms with Crippen molar-refractivity contribution in [3.05, 3.63) is 77.6 Å². The summed E-state index contributed by atoms with van der Waals surface area (Å²) in [6.45, 7) is -0.347. The number of nitrogens with one attached hydrogen (secondary N) is 1. The quantitative estimate of drug-likeness (QED) is 0.121. The second-order valence-corrected chi connectivity index (χ2v) is 12.0. The molecule has 0 bridgehead atoms. The summed E-state index contributed by atoms with van der Waals surface area (Å²) in [5.74, 6) is -1.91. The lowest BCUT2D eigenvalue weighted by Crippen LogP contribution is -2.63. The Hall–Kier alpha value is -3.84. The molecule has 2 fully saturated rings. The van der Waals surface area contributed by atoms with E-state index in [0.717, 1.165) is 29.8 Å². The molecule has 0 aliphatic carbocycles. The molecule has 2 aliphatic heterocycles. The Morgan fingerprint density at radius 3 is 2.31 bits per heavy atom. The molecule has 1 amide bonds. The number of hydrogen-bond donors (Lipinski definition) is 6. The van der Waals surface area contributed by atoms with Gasteiger partial charge in [0.15, 0.2) is 12.4 Å². The van der Waals surface area contributed by atoms with Gasteiger partial charge in [0.25, 0.3) is 0 Å². The van der Waals surface area contributed by atoms with Crippen LogP contribution in [0.1, 0.15) is 23.2 Å². The smallest absolute Gasteiger partial charge is 0.335 e. The molecule has 10 unspecified atom stereocenters. The molecule has 10 atom stereocenters. The summed E-state index contributed by atoms with van der Waals surface area (Å²) in [7, 11) is 2.48. The van der Waals surface area contributed by atoms with Crippen molar-refractivity contribution < 1.29 is 58.8 Å². The molecule has 0 saturated carbocycles. The molecule has 49 heavy (non-hydrogen) atoms. The maximum absolute atomic E-state index is 13.0. The first-order valence-corrected chi connectivity index (χ1v) is 15.8. The summed E-state index contributed by atoms with van der Waals surface area (Å²) >= 11 is 0. The first-order valence-electron chi connectivity index (χ1n) is 15.8. The number of hydrogen-bond acceptors (Lipinski definition) is 13. The number of aromatic nitrogens is 3. The molecular weight excluding hydrogens is 644 g/mol. The molecule has 16 heteroatoms. The average molecular weight is 687 g/mol. The first-order chi connectivity index (χ1) is 23.6. The van der Waals surface area contributed by atoms with Crippen LogP contribution in [-0.2, 0) is 52.7 Å². The number of carboxylic acids is 1. The van der Waals surface area contributed by atoms with E-state index in [1.165, 1.54) is 19.8 Å². The van der Waals surface area contributed by atoms with Crippen LogP contribution in [0.5, 0.6) is 0 Å². The average Bonchev–Trinajstić information content (AvgIpc) is 3.59. The van der Waals surface area contributed by atoms with Gasteiger partial charge in [-0.15, -0.1) is 5.10 Å². The lowest BCUT2D eigenvalue weighted by atomic mass is 9.93. The summed E-state index contributed by atoms with van der Waals surface area (Å²) < 4.78 is 28.6. The first kappa shape index (κ1) is 36.4. The second-order valence-electron chi connectivity index (χ2n) is 12.0. The molecule has 0 spiro atoms. The minimum atomic E-state index is -1.72. The summed E-state index contributed by atoms with van der Waals surface area (Å²) in [5, 5.41) is 63.2. The van der Waals surface area contributed by atoms with Gasteiger partial charge in [0.05, 0.1) is 36.7 Å². The fourth-order valence-corrected chi connectivity index (χ4v) is 5.95. The lowest BCUT2D eigenvalue weighted by molar-refractivity contribution is -0.302. The minimum Gasteiger partial charge on any atom is -0.479 e. The number of carbonyl (C=O) groups is 2. The van der Waals surface area contributed by atoms with Crippen molar-refractivity contribution >= 4 is 11.9 Å². The fourth-order valence-electron chi connectivity index (χ4n) is 5.95. The Balaban J connectivity index is 1.16. The number of carboxylic acid groups (broad SMARTS) is 1. The van der Waals surface area contributed by atoms with Crippen molar-refractivity contribution in [2.24, 2.45) is 0 Å². The van der Waals surface area contributed by atoms with Crippen molar-refractivity contribution in [2.45, 2.75) is 87.0 Å². The summed E-state index contributed by atoms with van der Waals surface area (Å²) in [4.78, 5) is 24.8. The number of aliphatic hydroxyl groups is 4. The minimum absolute atomic E-state index is 0.172. The highest BCUT2D eigenvalue weighted by atomic mass is 16.7. The van der Waals surface area contributed by atoms with E-state index < -0.39 is 79.7 Å². The van der Waals surface area contributed by atoms with Crippen molar-refractivity contribution in [3.63, 3.8) is 0 Å². The van der Waals surface area contributed by atoms with Gasteiger partial charge in [0.1, 0.15) is 42.7 Å². The molecule has 5 rings (SSSR count). The van der Waals surface area contributed by atoms with E-state index >= 15 is 0 Å². The van der Waals surface area contributed by atoms with E-state index in [2.05, 4.69) is 27.8 Å². The third kappa shape index (κ3) is 8.85. The van der Waals surface area contributed by atoms with Gasteiger partial charge in [-0.2, -0.15) is 0 Å². The van der Waals surface area contributed by atoms with E-state index in [-0.39, 0.29) is 13.0 Å². The number of aliphatic carboxylic acids is 1. The Labute approximate surface area is 282 Å². The van der Waals surface area contributed by atoms with Crippen molar-refractivity contribution in [2.75, 3.05) is 20.8 Å². The predicted molar refractivity (Wildman–Crippen MR) is 168 cm³/mol. The number of ether oxygens (including phenoxy) is 5. The van der Waals surface area contributed by atoms with Crippen LogP contribution in [0.15, 0.2) is 60.8 Å². The Morgan fingerprint density at radius 1 is 0.857 bits per heavy atom. The van der Waals surface area contributed by atoms with E-state index in [4.69, 9.17) is 23.7 Å². The van der Waals surface area contributed by atoms with Gasteiger partial charge >= 0.3 is 5.97 Å². The lowest BCUT2D eigenvalue weighted by Gasteiger charge is -2.44. The molecule has 3 heterocycles. The number of carbonyl (C=O) groups excluding carboxylic acids is 1. The highest BCUT2D eigenvalue weighted by Crippen LogP contribution is 2.29. The predicted octanol–water partition coefficient (Wildman–Crippen LogP) is -0.874. The molecule has 16 nitrogen and oxygen atoms in total. The normalized spacial score (nSPS) is 30.2. The van der Waals surface area contributed by atoms with Crippen molar-refractivity contribution in [1.82, 2.24) is 20.3 Å². The van der Waals surface area contributed by atoms with Gasteiger partial charge < -0.3 is 54.5 Å². The Bertz CT molecular complexity index is 1530. The molecule has 2 aliphatic rings. The van der Waals surface area contributed by atoms with Crippen LogP contribution in [0.2, 0.25) is 0 Å². The third-order valence-corrected chi connectivity index (χ3v) is 8.63. The number of amides is 1. The summed E-state index contributed by atoms with van der Waals surface area (Å²) in [5.41, 5.74) is 3.62. The van der Waals surface area contributed by atoms with Crippen molar-refractivity contribution in [1.29, 1.82) is 0 Å². The van der Waals surface area contributed by atoms with Crippen LogP contribution in [-0.4, -0.2) is 134 Å². The van der Waals surface area contributed by atoms with E-state index in [0.29, 0.717) is 0 Å². The summed E-state index contributed by atoms with van der Waals surface area (Å²) in [6, 6.07) is 17.6. The zero-order valence-electron chi connectivity index (χ0n) is 27.0. The van der Waals surface area contributed by atoms with Crippen molar-refractivity contribution in [3.8, 4) is 5.69 Å². The highest BCUT2D eigenvalue weighted by molar-refractivity contribution is 5.76. The third-order valence-electron chi connectivity index (χ3n) is 8.63. The van der Waals surface area contributed by atoms with Gasteiger partial charge in [-0.25, -0.2) is 9.48 Å². The van der Waals surface area contributed by atoms with Crippen LogP contribution in [0.25, 0.3) is 5.69 Å². The SMILES string of the molecule is COC1OC(C(=O)O)C(OCC2OC(CC(=O)NCc3cccc(-n4cc(CCc5ccccc5)nn4)c3)C(OC)C(O)C2O)C(O)C1O. The van der Waals surface area contributed by atoms with E-state index in [1.54, 1.807) is 4.68 Å². The van der Waals surface area contributed by atoms with E-state index in [9.17, 15) is 35.1 Å². The molecule has 0 radical (unpaired) electrons. The van der Waals surface area contributed by atoms with Crippen LogP contribution < -0.4 is 5.32 Å². The zero-order chi connectivity index (χ0) is 35.1. The van der Waals surface area contributed by atoms with Crippen LogP contribution in [0, 0.1) is 0 Å². The maximum atomic E-state index is 13.0. The van der Waals surface area contributed by atoms with Crippen LogP contribution >= 0.6 is 0 Å². The van der Waals surface area contributed by atoms with Gasteiger partial charge in [0, 0.05) is 20.8 Å². The number of aryl methyl sites for hydroxylation is 2. The van der Waals surface area contributed by atoms with Crippen LogP contribution in [0.3, 0.4) is 0 Å². The molecule has 2 saturated heterocycles. The maximum Gasteiger partial charge on any atom is 0.335 e. The molecule has 1 aromatic heterocycles. The molecule has 2 aromatic carbocycles. The zero-order valence-corrected chi connectivity index (χ0v) is 27.0. The largest absolute Gasteiger partial charge is 0.479 e. The molecule has 266 valence electrons. The number of nitrogens with zero attached hydrogens (tertiary/aromatic N) is 3. The number of aliphatic hydroxyl groups excluding tert-OH is 4. The van der Waals surface area contributed by atoms with Crippen LogP contribution in [0.4, 0.5) is 0 Å². The van der Waals surface area contributed by atoms with Gasteiger partial charge in [-0.3, -0.25) is 4.79 Å². The Morgan fingerprint density at radius 2 is 1.59 bits per heavy atom. The van der Waals surface area contributed by atoms with Gasteiger partial charge in [-0.05, 0) is 36.1 Å². The van der Waals surface area contributed by atoms with Gasteiger partial charge in [0.2, 0.25) is 5.91 Å². The topological polar surface area (TPSA) is 224 Å². The monoisotopic (exact) mass is 686 g/mol. The van der Waals surface area contributed by atoms with Gasteiger partial charge in [-0.1, -0.05) is 47.7 Å². The molecule has 3 aromatic rings. The van der Waals surface area contributed by atoms with E-state index in [1.807, 2.05) is 48.7 Å². The second kappa shape index (κ2) is 16.7. The number of rotatable bonds is 14. The molecule has 6 N–H and O–H groups in total.